The van der Waals surface area contributed by atoms with Gasteiger partial charge in [0.25, 0.3) is 0 Å². The molecule has 1 atom stereocenters. The Kier molecular flexibility index (Phi) is 5.81. The second-order valence-corrected chi connectivity index (χ2v) is 5.47. The number of ether oxygens (including phenoxy) is 1. The highest BCUT2D eigenvalue weighted by Crippen LogP contribution is 2.13. The number of nitrogens with zero attached hydrogens (tertiary/aromatic N) is 1. The van der Waals surface area contributed by atoms with Crippen molar-refractivity contribution >= 4 is 5.91 Å². The van der Waals surface area contributed by atoms with Gasteiger partial charge in [0.15, 0.2) is 0 Å². The van der Waals surface area contributed by atoms with Crippen LogP contribution >= 0.6 is 0 Å². The molecule has 0 spiro atoms. The van der Waals surface area contributed by atoms with E-state index in [0.717, 1.165) is 31.8 Å². The Labute approximate surface area is 126 Å². The van der Waals surface area contributed by atoms with Gasteiger partial charge in [-0.15, -0.1) is 0 Å². The second-order valence-electron chi connectivity index (χ2n) is 5.47. The summed E-state index contributed by atoms with van der Waals surface area (Å²) in [7, 11) is 0. The third-order valence-corrected chi connectivity index (χ3v) is 3.61. The van der Waals surface area contributed by atoms with Gasteiger partial charge in [-0.2, -0.15) is 0 Å². The summed E-state index contributed by atoms with van der Waals surface area (Å²) in [6.45, 7) is 8.76. The van der Waals surface area contributed by atoms with Crippen molar-refractivity contribution in [2.75, 3.05) is 19.7 Å². The van der Waals surface area contributed by atoms with Crippen molar-refractivity contribution in [1.82, 2.24) is 10.2 Å². The molecule has 1 heterocycles. The minimum absolute atomic E-state index is 0.285. The predicted molar refractivity (Wildman–Crippen MR) is 84.2 cm³/mol. The first-order valence-electron chi connectivity index (χ1n) is 7.53. The highest BCUT2D eigenvalue weighted by Gasteiger charge is 2.21. The van der Waals surface area contributed by atoms with Crippen molar-refractivity contribution in [2.24, 2.45) is 0 Å². The Bertz CT molecular complexity index is 470. The van der Waals surface area contributed by atoms with Crippen LogP contribution in [0.15, 0.2) is 36.9 Å². The monoisotopic (exact) mass is 288 g/mol. The van der Waals surface area contributed by atoms with E-state index in [0.29, 0.717) is 19.1 Å². The molecule has 1 N–H and O–H groups in total. The van der Waals surface area contributed by atoms with Crippen LogP contribution in [0.25, 0.3) is 0 Å². The van der Waals surface area contributed by atoms with Gasteiger partial charge < -0.3 is 15.0 Å². The van der Waals surface area contributed by atoms with Crippen molar-refractivity contribution in [3.63, 3.8) is 0 Å². The van der Waals surface area contributed by atoms with Gasteiger partial charge >= 0.3 is 0 Å². The number of amides is 1. The molecule has 1 saturated heterocycles. The summed E-state index contributed by atoms with van der Waals surface area (Å²) in [5, 5.41) is 3.46. The average molecular weight is 288 g/mol. The molecule has 1 aromatic rings. The van der Waals surface area contributed by atoms with Gasteiger partial charge in [0.1, 0.15) is 12.4 Å². The first kappa shape index (κ1) is 15.6. The summed E-state index contributed by atoms with van der Waals surface area (Å²) in [6.07, 6.45) is 3.44. The fourth-order valence-corrected chi connectivity index (χ4v) is 2.44. The van der Waals surface area contributed by atoms with E-state index in [2.05, 4.69) is 31.0 Å². The van der Waals surface area contributed by atoms with E-state index in [4.69, 9.17) is 4.74 Å². The number of benzene rings is 1. The van der Waals surface area contributed by atoms with Crippen molar-refractivity contribution < 1.29 is 9.53 Å². The lowest BCUT2D eigenvalue weighted by Crippen LogP contribution is -2.39. The molecule has 21 heavy (non-hydrogen) atoms. The summed E-state index contributed by atoms with van der Waals surface area (Å²) in [5.74, 6) is 1.14. The van der Waals surface area contributed by atoms with Crippen molar-refractivity contribution in [1.29, 1.82) is 0 Å². The van der Waals surface area contributed by atoms with Crippen LogP contribution in [-0.2, 0) is 11.3 Å². The summed E-state index contributed by atoms with van der Waals surface area (Å²) in [4.78, 5) is 13.5. The molecule has 0 bridgehead atoms. The molecular weight excluding hydrogens is 264 g/mol. The zero-order valence-corrected chi connectivity index (χ0v) is 12.7. The van der Waals surface area contributed by atoms with Crippen LogP contribution in [0.4, 0.5) is 0 Å². The molecule has 114 valence electrons. The molecule has 4 nitrogen and oxygen atoms in total. The molecule has 1 unspecified atom stereocenters. The number of likely N-dealkylation sites (tertiary alicyclic amines) is 1. The predicted octanol–water partition coefficient (Wildman–Crippen LogP) is 2.35. The third-order valence-electron chi connectivity index (χ3n) is 3.61. The van der Waals surface area contributed by atoms with Gasteiger partial charge in [0.05, 0.1) is 0 Å². The zero-order chi connectivity index (χ0) is 15.1. The van der Waals surface area contributed by atoms with E-state index in [1.54, 1.807) is 6.08 Å². The van der Waals surface area contributed by atoms with Crippen molar-refractivity contribution in [3.05, 3.63) is 42.5 Å². The molecule has 1 aromatic carbocycles. The van der Waals surface area contributed by atoms with Gasteiger partial charge in [0.2, 0.25) is 5.91 Å². The van der Waals surface area contributed by atoms with Crippen LogP contribution in [-0.4, -0.2) is 36.5 Å². The topological polar surface area (TPSA) is 41.6 Å². The molecule has 1 aliphatic rings. The van der Waals surface area contributed by atoms with Gasteiger partial charge in [-0.1, -0.05) is 24.8 Å². The first-order valence-corrected chi connectivity index (χ1v) is 7.53. The molecule has 0 saturated carbocycles. The van der Waals surface area contributed by atoms with Crippen LogP contribution in [0.2, 0.25) is 0 Å². The van der Waals surface area contributed by atoms with Gasteiger partial charge in [-0.25, -0.2) is 0 Å². The van der Waals surface area contributed by atoms with Crippen LogP contribution in [0.5, 0.6) is 5.75 Å². The molecule has 1 fully saturated rings. The normalized spacial score (nSPS) is 16.0. The summed E-state index contributed by atoms with van der Waals surface area (Å²) in [5.41, 5.74) is 1.21. The minimum atomic E-state index is 0.285. The maximum atomic E-state index is 11.6. The van der Waals surface area contributed by atoms with Crippen LogP contribution in [0.1, 0.15) is 25.3 Å². The lowest BCUT2D eigenvalue weighted by Gasteiger charge is -2.21. The summed E-state index contributed by atoms with van der Waals surface area (Å²) in [6, 6.07) is 8.34. The molecular formula is C17H24N2O2. The number of hydrogen-bond acceptors (Lipinski definition) is 3. The number of rotatable bonds is 8. The quantitative estimate of drug-likeness (QED) is 0.747. The van der Waals surface area contributed by atoms with Gasteiger partial charge in [-0.05, 0) is 31.0 Å². The van der Waals surface area contributed by atoms with Crippen molar-refractivity contribution in [2.45, 2.75) is 32.4 Å². The highest BCUT2D eigenvalue weighted by atomic mass is 16.5. The van der Waals surface area contributed by atoms with E-state index >= 15 is 0 Å². The molecule has 1 aliphatic heterocycles. The van der Waals surface area contributed by atoms with Gasteiger partial charge in [0, 0.05) is 32.1 Å². The number of carbonyl (C=O) groups excluding carboxylic acids is 1. The fourth-order valence-electron chi connectivity index (χ4n) is 2.44. The van der Waals surface area contributed by atoms with E-state index in [-0.39, 0.29) is 5.91 Å². The lowest BCUT2D eigenvalue weighted by atomic mass is 10.2. The van der Waals surface area contributed by atoms with Crippen molar-refractivity contribution in [3.8, 4) is 5.75 Å². The Hall–Kier alpha value is -1.81. The van der Waals surface area contributed by atoms with E-state index < -0.39 is 0 Å². The van der Waals surface area contributed by atoms with E-state index in [9.17, 15) is 4.79 Å². The number of nitrogens with one attached hydrogen (secondary N) is 1. The summed E-state index contributed by atoms with van der Waals surface area (Å²) < 4.78 is 5.45. The van der Waals surface area contributed by atoms with Gasteiger partial charge in [-0.3, -0.25) is 4.79 Å². The maximum absolute atomic E-state index is 11.6. The highest BCUT2D eigenvalue weighted by molar-refractivity contribution is 5.78. The van der Waals surface area contributed by atoms with Crippen LogP contribution < -0.4 is 10.1 Å². The molecule has 1 amide bonds. The molecule has 0 aliphatic carbocycles. The minimum Gasteiger partial charge on any atom is -0.490 e. The summed E-state index contributed by atoms with van der Waals surface area (Å²) >= 11 is 0. The third kappa shape index (κ3) is 4.90. The molecule has 2 rings (SSSR count). The first-order chi connectivity index (χ1) is 10.2. The smallest absolute Gasteiger partial charge is 0.222 e. The average Bonchev–Trinajstić information content (AvgIpc) is 2.89. The second kappa shape index (κ2) is 7.84. The maximum Gasteiger partial charge on any atom is 0.222 e. The Balaban J connectivity index is 1.74. The number of carbonyl (C=O) groups is 1. The fraction of sp³-hybridized carbons (Fsp3) is 0.471. The molecule has 4 heteroatoms. The van der Waals surface area contributed by atoms with Crippen LogP contribution in [0.3, 0.4) is 0 Å². The molecule has 0 radical (unpaired) electrons. The molecule has 0 aromatic heterocycles. The largest absolute Gasteiger partial charge is 0.490 e. The lowest BCUT2D eigenvalue weighted by molar-refractivity contribution is -0.127. The number of hydrogen-bond donors (Lipinski definition) is 1. The standard InChI is InChI=1S/C17H24N2O2/c1-3-11-21-16-8-6-15(7-9-16)12-18-14(2)13-19-10-4-5-17(19)20/h3,6-9,14,18H,1,4-5,10-13H2,2H3. The zero-order valence-electron chi connectivity index (χ0n) is 12.7. The van der Waals surface area contributed by atoms with Crippen LogP contribution in [0, 0.1) is 0 Å². The Morgan fingerprint density at radius 1 is 1.43 bits per heavy atom. The SMILES string of the molecule is C=CCOc1ccc(CNC(C)CN2CCCC2=O)cc1. The van der Waals surface area contributed by atoms with E-state index in [1.807, 2.05) is 17.0 Å². The Morgan fingerprint density at radius 3 is 2.81 bits per heavy atom. The Morgan fingerprint density at radius 2 is 2.19 bits per heavy atom. The van der Waals surface area contributed by atoms with E-state index in [1.165, 1.54) is 5.56 Å².